The first kappa shape index (κ1) is 118. The van der Waals surface area contributed by atoms with Crippen LogP contribution in [0.15, 0.2) is 0 Å². The van der Waals surface area contributed by atoms with Crippen LogP contribution in [0.5, 0.6) is 0 Å². The minimum absolute atomic E-state index is 0.0522. The number of esters is 4. The van der Waals surface area contributed by atoms with Gasteiger partial charge in [-0.15, -0.1) is 0 Å². The second-order valence-corrected chi connectivity index (χ2v) is 38.7. The van der Waals surface area contributed by atoms with Crippen LogP contribution in [0.2, 0.25) is 0 Å². The lowest BCUT2D eigenvalue weighted by Gasteiger charge is -2.50. The summed E-state index contributed by atoms with van der Waals surface area (Å²) in [5.41, 5.74) is -8.75. The molecule has 2 amide bonds. The maximum atomic E-state index is 14.5. The number of nitriles is 2. The number of hydrogen-bond donors (Lipinski definition) is 9. The molecule has 0 aromatic carbocycles. The fraction of sp³-hybridized carbons (Fsp3) is 0.916. The van der Waals surface area contributed by atoms with Crippen molar-refractivity contribution in [3.05, 3.63) is 0 Å². The van der Waals surface area contributed by atoms with Gasteiger partial charge in [0.05, 0.1) is 109 Å². The molecule has 9 N–H and O–H groups in total. The molecule has 36 heteroatoms. The van der Waals surface area contributed by atoms with Gasteiger partial charge < -0.3 is 132 Å². The first-order valence-electron chi connectivity index (χ1n) is 47.8. The fourth-order valence-electron chi connectivity index (χ4n) is 19.5. The number of aliphatic hydroxyl groups excluding tert-OH is 4. The summed E-state index contributed by atoms with van der Waals surface area (Å²) in [5, 5.41) is 95.8. The Morgan fingerprint density at radius 1 is 0.496 bits per heavy atom. The van der Waals surface area contributed by atoms with Gasteiger partial charge in [-0.05, 0) is 182 Å². The quantitative estimate of drug-likeness (QED) is 0.0243. The van der Waals surface area contributed by atoms with Gasteiger partial charge in [0.25, 0.3) is 0 Å². The predicted octanol–water partition coefficient (Wildman–Crippen LogP) is 7.30. The van der Waals surface area contributed by atoms with Crippen LogP contribution in [0.4, 0.5) is 0 Å². The third-order valence-electron chi connectivity index (χ3n) is 28.4. The van der Waals surface area contributed by atoms with Crippen molar-refractivity contribution in [2.45, 2.75) is 437 Å². The van der Waals surface area contributed by atoms with Crippen LogP contribution >= 0.6 is 0 Å². The summed E-state index contributed by atoms with van der Waals surface area (Å²) in [5.74, 6) is -8.33. The molecule has 131 heavy (non-hydrogen) atoms. The molecule has 6 rings (SSSR count). The highest BCUT2D eigenvalue weighted by Crippen LogP contribution is 2.46. The number of hydrogen-bond acceptors (Lipinski definition) is 34. The van der Waals surface area contributed by atoms with E-state index in [0.29, 0.717) is 38.9 Å². The van der Waals surface area contributed by atoms with Gasteiger partial charge in [0.1, 0.15) is 59.0 Å². The lowest BCUT2D eigenvalue weighted by atomic mass is 9.77. The van der Waals surface area contributed by atoms with Gasteiger partial charge in [-0.1, -0.05) is 76.2 Å². The molecular weight excluding hydrogens is 1700 g/mol. The lowest BCUT2D eigenvalue weighted by molar-refractivity contribution is -0.320. The van der Waals surface area contributed by atoms with Crippen molar-refractivity contribution in [2.75, 3.05) is 88.3 Å². The van der Waals surface area contributed by atoms with E-state index in [1.165, 1.54) is 42.3 Å². The van der Waals surface area contributed by atoms with Crippen LogP contribution in [-0.4, -0.2) is 350 Å². The molecule has 0 aliphatic carbocycles. The Balaban J connectivity index is 0.000000522. The Morgan fingerprint density at radius 2 is 0.847 bits per heavy atom. The average molecular weight is 1870 g/mol. The molecule has 0 unspecified atom stereocenters. The summed E-state index contributed by atoms with van der Waals surface area (Å²) >= 11 is 0. The van der Waals surface area contributed by atoms with Crippen molar-refractivity contribution < 1.29 is 135 Å². The van der Waals surface area contributed by atoms with Crippen LogP contribution in [0, 0.1) is 58.2 Å². The number of carbonyl (C=O) groups is 6. The standard InChI is InChI=1S/C47H84N4O14.C44H81N3O14.C4H7N/c1-16-34-47(12,57)39(54)31(8)49-42(55)27(4)25-45(10,58-14)40(65-44-37(53)33(24-28(5)60-44)50(13)22-19-21-48)29(6)38(30(7)43(56)62-34)64-36-26-46(11,59-15)41(32(9)61-36)63-35(52)20-23-51(17-2)18-3;1-16-31-44(12,53)36(50)28(8)46-39(51)24(4)22-42(10,54-14)37(61-41-34(49)30(45-13)21-25(5)56-41)26(6)35(27(7)40(52)58-31)60-33-23-43(11,55-15)38(29(9)57-33)59-32(48)19-20-47(17-2)18-3;1-2-3-4-5/h27-34,36-41,44,53-54,57H,16-20,22-26H2,1-15H3,(H,49,55);24-31,33-38,41,45,49-50,53H,16-23H2,1-15H3,(H,46,51);2-3H2,1H3/t27-,28-,29+,30-,31-,32+,33+,34-,36+,37-,38+,39+,40-,41+,44+,45-,46-,47-;24-,25-,26+,27-,28-,29+,30+,31-,33+,34-,35+,36+,37-,38+,41+,42-,43-,44-;/m11./s1. The molecule has 0 saturated carbocycles. The van der Waals surface area contributed by atoms with Crippen molar-refractivity contribution in [1.29, 1.82) is 10.5 Å². The van der Waals surface area contributed by atoms with Crippen LogP contribution in [0.3, 0.4) is 0 Å². The van der Waals surface area contributed by atoms with Gasteiger partial charge in [-0.2, -0.15) is 10.5 Å². The zero-order chi connectivity index (χ0) is 99.5. The highest BCUT2D eigenvalue weighted by atomic mass is 16.7. The number of unbranched alkanes of at least 4 members (excludes halogenated alkanes) is 1. The molecule has 36 atom stereocenters. The van der Waals surface area contributed by atoms with Gasteiger partial charge in [0.15, 0.2) is 37.4 Å². The maximum absolute atomic E-state index is 14.5. The predicted molar refractivity (Wildman–Crippen MR) is 487 cm³/mol. The van der Waals surface area contributed by atoms with Gasteiger partial charge in [-0.25, -0.2) is 0 Å². The van der Waals surface area contributed by atoms with Gasteiger partial charge in [-0.3, -0.25) is 33.7 Å². The molecule has 6 aliphatic rings. The van der Waals surface area contributed by atoms with E-state index in [0.717, 1.165) is 32.6 Å². The summed E-state index contributed by atoms with van der Waals surface area (Å²) in [7, 11) is 9.63. The second-order valence-electron chi connectivity index (χ2n) is 38.7. The topological polar surface area (TPSA) is 465 Å². The number of rotatable bonds is 31. The van der Waals surface area contributed by atoms with Crippen molar-refractivity contribution >= 4 is 35.7 Å². The molecule has 0 radical (unpaired) electrons. The minimum atomic E-state index is -1.99. The lowest BCUT2D eigenvalue weighted by Crippen LogP contribution is -2.61. The van der Waals surface area contributed by atoms with E-state index >= 15 is 0 Å². The Hall–Kier alpha value is -5.08. The second kappa shape index (κ2) is 53.7. The average Bonchev–Trinajstić information content (AvgIpc) is 1.50. The molecule has 760 valence electrons. The Labute approximate surface area is 781 Å². The Morgan fingerprint density at radius 3 is 1.17 bits per heavy atom. The molecule has 0 bridgehead atoms. The van der Waals surface area contributed by atoms with E-state index in [-0.39, 0.29) is 82.0 Å². The fourth-order valence-corrected chi connectivity index (χ4v) is 19.5. The summed E-state index contributed by atoms with van der Waals surface area (Å²) in [6.45, 7) is 49.0. The van der Waals surface area contributed by atoms with E-state index < -0.39 is 228 Å². The van der Waals surface area contributed by atoms with Crippen molar-refractivity contribution in [2.24, 2.45) is 35.5 Å². The van der Waals surface area contributed by atoms with E-state index in [4.69, 9.17) is 81.1 Å². The van der Waals surface area contributed by atoms with Gasteiger partial charge >= 0.3 is 23.9 Å². The summed E-state index contributed by atoms with van der Waals surface area (Å²) in [4.78, 5) is 89.3. The van der Waals surface area contributed by atoms with E-state index in [1.807, 2.05) is 94.2 Å². The van der Waals surface area contributed by atoms with Crippen LogP contribution in [0.25, 0.3) is 0 Å². The molecule has 0 aromatic rings. The van der Waals surface area contributed by atoms with Crippen LogP contribution in [0.1, 0.15) is 257 Å². The largest absolute Gasteiger partial charge is 0.459 e. The monoisotopic (exact) mass is 1870 g/mol. The van der Waals surface area contributed by atoms with Crippen molar-refractivity contribution in [3.8, 4) is 12.1 Å². The molecule has 0 spiro atoms. The van der Waals surface area contributed by atoms with Crippen molar-refractivity contribution in [1.82, 2.24) is 30.7 Å². The number of nitrogens with one attached hydrogen (secondary N) is 3. The third kappa shape index (κ3) is 31.5. The zero-order valence-corrected chi connectivity index (χ0v) is 84.9. The number of cyclic esters (lactones) is 2. The highest BCUT2D eigenvalue weighted by molar-refractivity contribution is 5.79. The molecule has 6 aliphatic heterocycles. The molecule has 0 aromatic heterocycles. The number of carbonyl (C=O) groups excluding carboxylic acids is 6. The Kier molecular flexibility index (Phi) is 48.5. The number of amides is 2. The molecule has 36 nitrogen and oxygen atoms in total. The molecule has 6 fully saturated rings. The van der Waals surface area contributed by atoms with Crippen LogP contribution in [-0.2, 0) is 105 Å². The molecule has 6 heterocycles. The SMILES string of the molecule is CCCC#N.CC[C@H]1OC(=O)[C@H](C)[C@@H](O[C@H]2C[C@@](C)(OC)[C@@H](OC(=O)CCN(CC)CC)[C@H](C)O2)[C@H](C)[C@@H](O[C@@H]2O[C@H](C)C[C@H](N(C)CCC#N)[C@H]2O)[C@](C)(OC)C[C@@H](C)C(=O)N[C@H](C)[C@H](O)[C@]1(C)O.CC[C@H]1OC(=O)[C@H](C)[C@@H](O[C@H]2C[C@@](C)(OC)[C@@H](OC(=O)CCN(CC)CC)[C@H](C)O2)[C@H](C)[C@@H](O[C@@H]2O[C@H](C)C[C@H](NC)[C@H]2O)[C@](C)(OC)C[C@@H](C)C(=O)N[C@H](C)[C@H](O)[C@]1(C)O. The number of ether oxygens (including phenoxy) is 16. The Bertz CT molecular complexity index is 3540. The van der Waals surface area contributed by atoms with E-state index in [1.54, 1.807) is 90.1 Å². The van der Waals surface area contributed by atoms with E-state index in [9.17, 15) is 64.7 Å². The summed E-state index contributed by atoms with van der Waals surface area (Å²) < 4.78 is 102. The number of aliphatic hydroxyl groups is 6. The number of methoxy groups -OCH3 is 4. The first-order chi connectivity index (χ1) is 61.2. The number of likely N-dealkylation sites (N-methyl/N-ethyl adjacent to an activating group) is 2. The van der Waals surface area contributed by atoms with Gasteiger partial charge in [0.2, 0.25) is 11.8 Å². The summed E-state index contributed by atoms with van der Waals surface area (Å²) in [6, 6.07) is 1.48. The molecule has 6 saturated heterocycles. The maximum Gasteiger partial charge on any atom is 0.311 e. The van der Waals surface area contributed by atoms with Gasteiger partial charge in [0, 0.05) is 110 Å². The smallest absolute Gasteiger partial charge is 0.311 e. The van der Waals surface area contributed by atoms with Crippen LogP contribution < -0.4 is 16.0 Å². The van der Waals surface area contributed by atoms with Crippen molar-refractivity contribution in [3.63, 3.8) is 0 Å². The third-order valence-corrected chi connectivity index (χ3v) is 28.4. The normalized spacial score (nSPS) is 41.1. The summed E-state index contributed by atoms with van der Waals surface area (Å²) in [6.07, 6.45) is -16.2. The number of nitrogens with zero attached hydrogens (tertiary/aromatic N) is 5. The first-order valence-corrected chi connectivity index (χ1v) is 47.8. The zero-order valence-electron chi connectivity index (χ0n) is 84.9. The minimum Gasteiger partial charge on any atom is -0.459 e. The highest BCUT2D eigenvalue weighted by Gasteiger charge is 2.58. The van der Waals surface area contributed by atoms with E-state index in [2.05, 4.69) is 31.8 Å². The molecular formula is C95H172N8O28.